The maximum absolute atomic E-state index is 13.6. The SMILES string of the molecule is CCc1c(NN)ncnc1Oc1cc(Br)ccc1F. The third-order valence-corrected chi connectivity index (χ3v) is 2.99. The van der Waals surface area contributed by atoms with Crippen LogP contribution >= 0.6 is 15.9 Å². The molecule has 0 unspecified atom stereocenters. The first-order chi connectivity index (χ1) is 9.15. The van der Waals surface area contributed by atoms with Crippen LogP contribution in [0.25, 0.3) is 0 Å². The van der Waals surface area contributed by atoms with Crippen LogP contribution < -0.4 is 16.0 Å². The highest BCUT2D eigenvalue weighted by atomic mass is 79.9. The molecule has 7 heteroatoms. The van der Waals surface area contributed by atoms with E-state index in [1.165, 1.54) is 18.5 Å². The van der Waals surface area contributed by atoms with Gasteiger partial charge in [0.1, 0.15) is 12.1 Å². The van der Waals surface area contributed by atoms with E-state index in [1.807, 2.05) is 6.92 Å². The number of ether oxygens (including phenoxy) is 1. The molecule has 1 aromatic carbocycles. The molecule has 2 aromatic rings. The summed E-state index contributed by atoms with van der Waals surface area (Å²) in [6.45, 7) is 1.91. The second-order valence-corrected chi connectivity index (χ2v) is 4.60. The molecule has 0 aliphatic heterocycles. The number of halogens is 2. The summed E-state index contributed by atoms with van der Waals surface area (Å²) in [5.74, 6) is 5.73. The minimum atomic E-state index is -0.467. The van der Waals surface area contributed by atoms with Crippen LogP contribution in [0.15, 0.2) is 29.0 Å². The standard InChI is InChI=1S/C12H12BrFN4O/c1-2-8-11(18-15)16-6-17-12(8)19-10-5-7(13)3-4-9(10)14/h3-6H,2,15H2,1H3,(H,16,17,18). The Hall–Kier alpha value is -1.73. The highest BCUT2D eigenvalue weighted by molar-refractivity contribution is 9.10. The number of rotatable bonds is 4. The fourth-order valence-corrected chi connectivity index (χ4v) is 1.93. The number of aromatic nitrogens is 2. The van der Waals surface area contributed by atoms with Crippen LogP contribution in [0.3, 0.4) is 0 Å². The molecule has 0 spiro atoms. The maximum Gasteiger partial charge on any atom is 0.227 e. The Bertz CT molecular complexity index is 594. The van der Waals surface area contributed by atoms with Crippen LogP contribution in [-0.2, 0) is 6.42 Å². The molecule has 1 heterocycles. The van der Waals surface area contributed by atoms with Gasteiger partial charge < -0.3 is 10.2 Å². The van der Waals surface area contributed by atoms with Crippen LogP contribution in [0.5, 0.6) is 11.6 Å². The number of nitrogens with two attached hydrogens (primary N) is 1. The summed E-state index contributed by atoms with van der Waals surface area (Å²) in [5, 5.41) is 0. The van der Waals surface area contributed by atoms with Gasteiger partial charge in [-0.2, -0.15) is 0 Å². The third-order valence-electron chi connectivity index (χ3n) is 2.50. The molecule has 19 heavy (non-hydrogen) atoms. The van der Waals surface area contributed by atoms with Crippen molar-refractivity contribution in [2.24, 2.45) is 5.84 Å². The molecule has 0 aliphatic carbocycles. The van der Waals surface area contributed by atoms with Gasteiger partial charge in [0, 0.05) is 4.47 Å². The second-order valence-electron chi connectivity index (χ2n) is 3.68. The molecule has 0 saturated heterocycles. The van der Waals surface area contributed by atoms with Crippen LogP contribution in [-0.4, -0.2) is 9.97 Å². The predicted molar refractivity (Wildman–Crippen MR) is 73.4 cm³/mol. The van der Waals surface area contributed by atoms with Gasteiger partial charge in [0.25, 0.3) is 0 Å². The van der Waals surface area contributed by atoms with Crippen molar-refractivity contribution in [2.45, 2.75) is 13.3 Å². The van der Waals surface area contributed by atoms with Crippen molar-refractivity contribution in [1.82, 2.24) is 9.97 Å². The molecular formula is C12H12BrFN4O. The predicted octanol–water partition coefficient (Wildman–Crippen LogP) is 3.02. The van der Waals surface area contributed by atoms with Crippen molar-refractivity contribution in [3.63, 3.8) is 0 Å². The van der Waals surface area contributed by atoms with Gasteiger partial charge in [0.05, 0.1) is 5.56 Å². The number of anilines is 1. The Morgan fingerprint density at radius 2 is 2.21 bits per heavy atom. The first kappa shape index (κ1) is 13.7. The van der Waals surface area contributed by atoms with E-state index in [4.69, 9.17) is 10.6 Å². The van der Waals surface area contributed by atoms with Gasteiger partial charge in [0.15, 0.2) is 11.6 Å². The Balaban J connectivity index is 2.40. The van der Waals surface area contributed by atoms with Crippen molar-refractivity contribution < 1.29 is 9.13 Å². The fraction of sp³-hybridized carbons (Fsp3) is 0.167. The van der Waals surface area contributed by atoms with Gasteiger partial charge in [-0.3, -0.25) is 0 Å². The first-order valence-electron chi connectivity index (χ1n) is 5.59. The van der Waals surface area contributed by atoms with Crippen LogP contribution in [0.1, 0.15) is 12.5 Å². The molecule has 0 aliphatic rings. The topological polar surface area (TPSA) is 73.1 Å². The molecule has 0 radical (unpaired) electrons. The van der Waals surface area contributed by atoms with E-state index in [9.17, 15) is 4.39 Å². The van der Waals surface area contributed by atoms with Crippen molar-refractivity contribution in [3.05, 3.63) is 40.4 Å². The number of nitrogens with one attached hydrogen (secondary N) is 1. The van der Waals surface area contributed by atoms with E-state index < -0.39 is 5.82 Å². The molecule has 100 valence electrons. The van der Waals surface area contributed by atoms with Gasteiger partial charge in [-0.15, -0.1) is 0 Å². The number of benzene rings is 1. The Morgan fingerprint density at radius 3 is 2.89 bits per heavy atom. The molecule has 5 nitrogen and oxygen atoms in total. The van der Waals surface area contributed by atoms with Crippen molar-refractivity contribution in [1.29, 1.82) is 0 Å². The van der Waals surface area contributed by atoms with E-state index in [0.717, 1.165) is 0 Å². The van der Waals surface area contributed by atoms with E-state index in [-0.39, 0.29) is 11.6 Å². The van der Waals surface area contributed by atoms with E-state index in [2.05, 4.69) is 31.3 Å². The quantitative estimate of drug-likeness (QED) is 0.667. The number of hydrazine groups is 1. The third kappa shape index (κ3) is 2.99. The summed E-state index contributed by atoms with van der Waals surface area (Å²) in [6, 6.07) is 4.44. The molecule has 2 rings (SSSR count). The zero-order chi connectivity index (χ0) is 13.8. The monoisotopic (exact) mass is 326 g/mol. The number of hydrogen-bond acceptors (Lipinski definition) is 5. The summed E-state index contributed by atoms with van der Waals surface area (Å²) in [6.07, 6.45) is 1.91. The summed E-state index contributed by atoms with van der Waals surface area (Å²) in [7, 11) is 0. The lowest BCUT2D eigenvalue weighted by Gasteiger charge is -2.12. The number of nitrogens with zero attached hydrogens (tertiary/aromatic N) is 2. The number of nitrogen functional groups attached to an aromatic ring is 1. The molecule has 0 atom stereocenters. The van der Waals surface area contributed by atoms with Gasteiger partial charge >= 0.3 is 0 Å². The highest BCUT2D eigenvalue weighted by Crippen LogP contribution is 2.30. The normalized spacial score (nSPS) is 10.3. The lowest BCUT2D eigenvalue weighted by molar-refractivity contribution is 0.422. The molecular weight excluding hydrogens is 315 g/mol. The largest absolute Gasteiger partial charge is 0.435 e. The lowest BCUT2D eigenvalue weighted by Crippen LogP contribution is -2.12. The average molecular weight is 327 g/mol. The molecule has 1 aromatic heterocycles. The highest BCUT2D eigenvalue weighted by Gasteiger charge is 2.13. The first-order valence-corrected chi connectivity index (χ1v) is 6.38. The van der Waals surface area contributed by atoms with Crippen LogP contribution in [0.2, 0.25) is 0 Å². The smallest absolute Gasteiger partial charge is 0.227 e. The van der Waals surface area contributed by atoms with Crippen LogP contribution in [0.4, 0.5) is 10.2 Å². The van der Waals surface area contributed by atoms with Gasteiger partial charge in [-0.05, 0) is 24.6 Å². The Kier molecular flexibility index (Phi) is 4.28. The minimum absolute atomic E-state index is 0.0887. The minimum Gasteiger partial charge on any atom is -0.435 e. The van der Waals surface area contributed by atoms with E-state index >= 15 is 0 Å². The van der Waals surface area contributed by atoms with Crippen LogP contribution in [0, 0.1) is 5.82 Å². The number of hydrogen-bond donors (Lipinski definition) is 2. The van der Waals surface area contributed by atoms with Gasteiger partial charge in [0.2, 0.25) is 5.88 Å². The summed E-state index contributed by atoms with van der Waals surface area (Å²) in [5.41, 5.74) is 3.15. The van der Waals surface area contributed by atoms with Crippen molar-refractivity contribution in [3.8, 4) is 11.6 Å². The summed E-state index contributed by atoms with van der Waals surface area (Å²) >= 11 is 3.26. The Labute approximate surface area is 118 Å². The molecule has 0 amide bonds. The van der Waals surface area contributed by atoms with Gasteiger partial charge in [-0.1, -0.05) is 22.9 Å². The summed E-state index contributed by atoms with van der Waals surface area (Å²) in [4.78, 5) is 7.99. The zero-order valence-corrected chi connectivity index (χ0v) is 11.7. The maximum atomic E-state index is 13.6. The zero-order valence-electron chi connectivity index (χ0n) is 10.2. The van der Waals surface area contributed by atoms with E-state index in [1.54, 1.807) is 6.07 Å². The molecule has 0 bridgehead atoms. The van der Waals surface area contributed by atoms with E-state index in [0.29, 0.717) is 22.3 Å². The fourth-order valence-electron chi connectivity index (χ4n) is 1.59. The Morgan fingerprint density at radius 1 is 1.42 bits per heavy atom. The second kappa shape index (κ2) is 5.94. The van der Waals surface area contributed by atoms with Crippen molar-refractivity contribution >= 4 is 21.7 Å². The lowest BCUT2D eigenvalue weighted by atomic mass is 10.2. The molecule has 3 N–H and O–H groups in total. The molecule has 0 saturated carbocycles. The molecule has 0 fully saturated rings. The summed E-state index contributed by atoms with van der Waals surface area (Å²) < 4.78 is 19.9. The average Bonchev–Trinajstić information content (AvgIpc) is 2.42. The van der Waals surface area contributed by atoms with Crippen molar-refractivity contribution in [2.75, 3.05) is 5.43 Å². The van der Waals surface area contributed by atoms with Gasteiger partial charge in [-0.25, -0.2) is 20.2 Å².